The monoisotopic (exact) mass is 274 g/mol. The summed E-state index contributed by atoms with van der Waals surface area (Å²) in [5, 5.41) is 9.25. The zero-order chi connectivity index (χ0) is 13.6. The fourth-order valence-corrected chi connectivity index (χ4v) is 2.54. The Morgan fingerprint density at radius 3 is 2.39 bits per heavy atom. The molecule has 1 rings (SSSR count). The minimum absolute atomic E-state index is 0.0150. The molecular weight excluding hydrogens is 255 g/mol. The molecule has 0 radical (unpaired) electrons. The highest BCUT2D eigenvalue weighted by Gasteiger charge is 2.10. The van der Waals surface area contributed by atoms with Crippen LogP contribution in [0.5, 0.6) is 0 Å². The minimum atomic E-state index is -2.94. The predicted octanol–water partition coefficient (Wildman–Crippen LogP) is 1.80. The molecule has 0 amide bonds. The Labute approximate surface area is 108 Å². The van der Waals surface area contributed by atoms with Crippen LogP contribution < -0.4 is 0 Å². The van der Waals surface area contributed by atoms with Gasteiger partial charge in [-0.15, -0.1) is 0 Å². The molecular formula is C13H19FO3S. The maximum absolute atomic E-state index is 12.7. The van der Waals surface area contributed by atoms with Gasteiger partial charge < -0.3 is 5.11 Å². The quantitative estimate of drug-likeness (QED) is 0.825. The lowest BCUT2D eigenvalue weighted by atomic mass is 9.96. The molecule has 1 aromatic rings. The van der Waals surface area contributed by atoms with Crippen LogP contribution in [0.2, 0.25) is 0 Å². The second-order valence-corrected chi connectivity index (χ2v) is 6.91. The molecule has 0 aliphatic carbocycles. The molecule has 1 unspecified atom stereocenters. The van der Waals surface area contributed by atoms with E-state index in [1.54, 1.807) is 12.1 Å². The molecule has 0 saturated carbocycles. The van der Waals surface area contributed by atoms with E-state index in [0.29, 0.717) is 19.3 Å². The van der Waals surface area contributed by atoms with E-state index in [2.05, 4.69) is 0 Å². The number of hydrogen-bond acceptors (Lipinski definition) is 3. The first-order valence-electron chi connectivity index (χ1n) is 5.94. The van der Waals surface area contributed by atoms with Crippen LogP contribution in [-0.2, 0) is 16.3 Å². The summed E-state index contributed by atoms with van der Waals surface area (Å²) in [5.74, 6) is -0.110. The molecule has 0 heterocycles. The molecule has 0 saturated heterocycles. The Morgan fingerprint density at radius 2 is 1.89 bits per heavy atom. The van der Waals surface area contributed by atoms with Crippen molar-refractivity contribution in [1.82, 2.24) is 0 Å². The molecule has 102 valence electrons. The fourth-order valence-electron chi connectivity index (χ4n) is 1.85. The van der Waals surface area contributed by atoms with Gasteiger partial charge in [-0.1, -0.05) is 12.1 Å². The molecule has 0 fully saturated rings. The van der Waals surface area contributed by atoms with Crippen LogP contribution >= 0.6 is 0 Å². The molecule has 1 aromatic carbocycles. The highest BCUT2D eigenvalue weighted by atomic mass is 32.2. The zero-order valence-corrected chi connectivity index (χ0v) is 11.3. The molecule has 0 aliphatic heterocycles. The Kier molecular flexibility index (Phi) is 5.75. The zero-order valence-electron chi connectivity index (χ0n) is 10.5. The summed E-state index contributed by atoms with van der Waals surface area (Å²) < 4.78 is 34.7. The van der Waals surface area contributed by atoms with E-state index in [1.807, 2.05) is 0 Å². The Balaban J connectivity index is 2.44. The molecule has 18 heavy (non-hydrogen) atoms. The van der Waals surface area contributed by atoms with Crippen molar-refractivity contribution in [3.8, 4) is 0 Å². The summed E-state index contributed by atoms with van der Waals surface area (Å²) in [6, 6.07) is 6.16. The van der Waals surface area contributed by atoms with Crippen LogP contribution in [0.25, 0.3) is 0 Å². The molecule has 0 aliphatic rings. The van der Waals surface area contributed by atoms with E-state index in [9.17, 15) is 17.9 Å². The Morgan fingerprint density at radius 1 is 1.28 bits per heavy atom. The maximum Gasteiger partial charge on any atom is 0.147 e. The largest absolute Gasteiger partial charge is 0.396 e. The van der Waals surface area contributed by atoms with Crippen molar-refractivity contribution in [3.05, 3.63) is 35.6 Å². The van der Waals surface area contributed by atoms with Crippen molar-refractivity contribution < 1.29 is 17.9 Å². The SMILES string of the molecule is CS(=O)(=O)CCCC(CO)Cc1ccc(F)cc1. The highest BCUT2D eigenvalue weighted by molar-refractivity contribution is 7.90. The maximum atomic E-state index is 12.7. The molecule has 0 bridgehead atoms. The number of aliphatic hydroxyl groups is 1. The van der Waals surface area contributed by atoms with Crippen molar-refractivity contribution >= 4 is 9.84 Å². The molecule has 0 aromatic heterocycles. The molecule has 1 N–H and O–H groups in total. The van der Waals surface area contributed by atoms with Gasteiger partial charge in [0.1, 0.15) is 15.7 Å². The number of rotatable bonds is 7. The van der Waals surface area contributed by atoms with Crippen molar-refractivity contribution in [2.45, 2.75) is 19.3 Å². The second kappa shape index (κ2) is 6.85. The van der Waals surface area contributed by atoms with E-state index < -0.39 is 9.84 Å². The summed E-state index contributed by atoms with van der Waals surface area (Å²) in [6.07, 6.45) is 3.05. The van der Waals surface area contributed by atoms with Gasteiger partial charge in [0.25, 0.3) is 0 Å². The van der Waals surface area contributed by atoms with Crippen molar-refractivity contribution in [1.29, 1.82) is 0 Å². The first kappa shape index (κ1) is 15.1. The average molecular weight is 274 g/mol. The standard InChI is InChI=1S/C13H19FO3S/c1-18(16,17)8-2-3-12(10-15)9-11-4-6-13(14)7-5-11/h4-7,12,15H,2-3,8-10H2,1H3. The summed E-state index contributed by atoms with van der Waals surface area (Å²) in [7, 11) is -2.94. The van der Waals surface area contributed by atoms with Gasteiger partial charge in [-0.2, -0.15) is 0 Å². The smallest absolute Gasteiger partial charge is 0.147 e. The number of sulfone groups is 1. The van der Waals surface area contributed by atoms with Crippen LogP contribution in [-0.4, -0.2) is 32.1 Å². The fraction of sp³-hybridized carbons (Fsp3) is 0.538. The number of benzene rings is 1. The Bertz CT molecular complexity index is 454. The normalized spacial score (nSPS) is 13.5. The second-order valence-electron chi connectivity index (χ2n) is 4.65. The van der Waals surface area contributed by atoms with Gasteiger partial charge in [-0.05, 0) is 42.9 Å². The average Bonchev–Trinajstić information content (AvgIpc) is 2.29. The van der Waals surface area contributed by atoms with Crippen LogP contribution in [0.1, 0.15) is 18.4 Å². The van der Waals surface area contributed by atoms with Crippen molar-refractivity contribution in [2.24, 2.45) is 5.92 Å². The van der Waals surface area contributed by atoms with Gasteiger partial charge >= 0.3 is 0 Å². The molecule has 3 nitrogen and oxygen atoms in total. The summed E-state index contributed by atoms with van der Waals surface area (Å²) >= 11 is 0. The van der Waals surface area contributed by atoms with Crippen LogP contribution in [0.3, 0.4) is 0 Å². The van der Waals surface area contributed by atoms with Gasteiger partial charge in [-0.3, -0.25) is 0 Å². The first-order chi connectivity index (χ1) is 8.40. The number of aliphatic hydroxyl groups excluding tert-OH is 1. The van der Waals surface area contributed by atoms with Crippen LogP contribution in [0.15, 0.2) is 24.3 Å². The van der Waals surface area contributed by atoms with Gasteiger partial charge in [0.05, 0.1) is 0 Å². The van der Waals surface area contributed by atoms with Gasteiger partial charge in [-0.25, -0.2) is 12.8 Å². The van der Waals surface area contributed by atoms with Crippen molar-refractivity contribution in [3.63, 3.8) is 0 Å². The number of hydrogen-bond donors (Lipinski definition) is 1. The van der Waals surface area contributed by atoms with E-state index in [0.717, 1.165) is 5.56 Å². The van der Waals surface area contributed by atoms with E-state index in [-0.39, 0.29) is 24.1 Å². The lowest BCUT2D eigenvalue weighted by Gasteiger charge is -2.13. The third-order valence-electron chi connectivity index (χ3n) is 2.82. The predicted molar refractivity (Wildman–Crippen MR) is 69.6 cm³/mol. The van der Waals surface area contributed by atoms with Crippen LogP contribution in [0, 0.1) is 11.7 Å². The first-order valence-corrected chi connectivity index (χ1v) is 8.00. The topological polar surface area (TPSA) is 54.4 Å². The summed E-state index contributed by atoms with van der Waals surface area (Å²) in [5.41, 5.74) is 0.954. The minimum Gasteiger partial charge on any atom is -0.396 e. The van der Waals surface area contributed by atoms with E-state index in [1.165, 1.54) is 18.4 Å². The molecule has 1 atom stereocenters. The lowest BCUT2D eigenvalue weighted by Crippen LogP contribution is -2.12. The Hall–Kier alpha value is -0.940. The van der Waals surface area contributed by atoms with E-state index in [4.69, 9.17) is 0 Å². The molecule has 5 heteroatoms. The van der Waals surface area contributed by atoms with Gasteiger partial charge in [0.2, 0.25) is 0 Å². The van der Waals surface area contributed by atoms with Crippen LogP contribution in [0.4, 0.5) is 4.39 Å². The summed E-state index contributed by atoms with van der Waals surface area (Å²) in [6.45, 7) is 0.0150. The highest BCUT2D eigenvalue weighted by Crippen LogP contribution is 2.15. The lowest BCUT2D eigenvalue weighted by molar-refractivity contribution is 0.217. The summed E-state index contributed by atoms with van der Waals surface area (Å²) in [4.78, 5) is 0. The van der Waals surface area contributed by atoms with Gasteiger partial charge in [0, 0.05) is 18.6 Å². The third kappa shape index (κ3) is 6.12. The third-order valence-corrected chi connectivity index (χ3v) is 3.85. The van der Waals surface area contributed by atoms with Gasteiger partial charge in [0.15, 0.2) is 0 Å². The molecule has 0 spiro atoms. The van der Waals surface area contributed by atoms with E-state index >= 15 is 0 Å². The number of halogens is 1. The van der Waals surface area contributed by atoms with Crippen molar-refractivity contribution in [2.75, 3.05) is 18.6 Å².